The number of ether oxygens (including phenoxy) is 1. The molecule has 3 fully saturated rings. The van der Waals surface area contributed by atoms with Gasteiger partial charge >= 0.3 is 0 Å². The number of aliphatic imine (C=N–C) groups is 1. The molecule has 146 valence electrons. The summed E-state index contributed by atoms with van der Waals surface area (Å²) in [4.78, 5) is 4.69. The van der Waals surface area contributed by atoms with E-state index >= 15 is 0 Å². The number of hydrogen-bond donors (Lipinski definition) is 3. The highest BCUT2D eigenvalue weighted by Crippen LogP contribution is 2.52. The predicted octanol–water partition coefficient (Wildman–Crippen LogP) is 2.91. The Labute approximate surface area is 169 Å². The van der Waals surface area contributed by atoms with Gasteiger partial charge in [0.05, 0.1) is 18.8 Å². The Hall–Kier alpha value is -0.0800. The Balaban J connectivity index is 0.00000225. The molecule has 3 rings (SSSR count). The molecule has 0 amide bonds. The lowest BCUT2D eigenvalue weighted by atomic mass is 9.57. The monoisotopic (exact) mass is 465 g/mol. The fourth-order valence-electron chi connectivity index (χ4n) is 4.94. The maximum absolute atomic E-state index is 10.5. The molecule has 1 saturated heterocycles. The topological polar surface area (TPSA) is 65.9 Å². The summed E-state index contributed by atoms with van der Waals surface area (Å²) in [7, 11) is 0. The van der Waals surface area contributed by atoms with Gasteiger partial charge in [-0.1, -0.05) is 33.1 Å². The molecule has 0 aromatic rings. The van der Waals surface area contributed by atoms with E-state index in [0.29, 0.717) is 30.5 Å². The van der Waals surface area contributed by atoms with Crippen molar-refractivity contribution in [2.75, 3.05) is 19.7 Å². The first-order valence-electron chi connectivity index (χ1n) is 9.88. The minimum atomic E-state index is -0.308. The highest BCUT2D eigenvalue weighted by Gasteiger charge is 2.59. The molecule has 5 nitrogen and oxygen atoms in total. The van der Waals surface area contributed by atoms with Crippen molar-refractivity contribution in [2.24, 2.45) is 22.2 Å². The summed E-state index contributed by atoms with van der Waals surface area (Å²) in [5.74, 6) is 1.86. The van der Waals surface area contributed by atoms with Crippen LogP contribution in [0.2, 0.25) is 0 Å². The third kappa shape index (κ3) is 4.61. The molecule has 3 aliphatic rings. The van der Waals surface area contributed by atoms with E-state index < -0.39 is 0 Å². The van der Waals surface area contributed by atoms with Gasteiger partial charge in [0.1, 0.15) is 0 Å². The van der Waals surface area contributed by atoms with Gasteiger partial charge < -0.3 is 20.5 Å². The van der Waals surface area contributed by atoms with Crippen molar-refractivity contribution in [2.45, 2.75) is 77.5 Å². The predicted molar refractivity (Wildman–Crippen MR) is 113 cm³/mol. The number of hydrogen-bond acceptors (Lipinski definition) is 3. The van der Waals surface area contributed by atoms with Crippen LogP contribution < -0.4 is 10.6 Å². The minimum absolute atomic E-state index is 0. The zero-order valence-corrected chi connectivity index (χ0v) is 18.3. The molecule has 0 aromatic carbocycles. The molecule has 3 N–H and O–H groups in total. The molecule has 0 bridgehead atoms. The maximum Gasteiger partial charge on any atom is 0.191 e. The quantitative estimate of drug-likeness (QED) is 0.332. The van der Waals surface area contributed by atoms with Crippen LogP contribution >= 0.6 is 24.0 Å². The molecule has 4 unspecified atom stereocenters. The van der Waals surface area contributed by atoms with E-state index in [-0.39, 0.29) is 35.5 Å². The number of halogens is 1. The highest BCUT2D eigenvalue weighted by molar-refractivity contribution is 14.0. The Morgan fingerprint density at radius 3 is 2.64 bits per heavy atom. The standard InChI is InChI=1S/C19H35N3O2.HI/c1-4-20-18(21-12-15(23)13-8-6-5-7-9-13)22-16-14-10-11-24-17(14)19(16,2)3;/h13-17,23H,4-12H2,1-3H3,(H2,20,21,22);1H. The summed E-state index contributed by atoms with van der Waals surface area (Å²) >= 11 is 0. The third-order valence-corrected chi connectivity index (χ3v) is 6.37. The summed E-state index contributed by atoms with van der Waals surface area (Å²) in [5.41, 5.74) is 0.138. The van der Waals surface area contributed by atoms with Crippen LogP contribution in [0.1, 0.15) is 59.3 Å². The molecule has 25 heavy (non-hydrogen) atoms. The van der Waals surface area contributed by atoms with Crippen molar-refractivity contribution in [3.05, 3.63) is 0 Å². The molecule has 2 saturated carbocycles. The number of aliphatic hydroxyl groups is 1. The SMILES string of the molecule is CCNC(=NCC(O)C1CCCCC1)NC1C2CCOC2C1(C)C.I. The number of nitrogens with one attached hydrogen (secondary N) is 2. The van der Waals surface area contributed by atoms with Gasteiger partial charge in [-0.2, -0.15) is 0 Å². The summed E-state index contributed by atoms with van der Waals surface area (Å²) in [5, 5.41) is 17.4. The van der Waals surface area contributed by atoms with Crippen molar-refractivity contribution in [3.8, 4) is 0 Å². The zero-order valence-electron chi connectivity index (χ0n) is 16.0. The molecule has 0 aromatic heterocycles. The fraction of sp³-hybridized carbons (Fsp3) is 0.947. The van der Waals surface area contributed by atoms with E-state index in [2.05, 4.69) is 31.4 Å². The van der Waals surface area contributed by atoms with Gasteiger partial charge in [-0.3, -0.25) is 4.99 Å². The van der Waals surface area contributed by atoms with Gasteiger partial charge in [0, 0.05) is 30.5 Å². The molecular formula is C19H36IN3O2. The van der Waals surface area contributed by atoms with Gasteiger partial charge in [-0.25, -0.2) is 0 Å². The number of guanidine groups is 1. The second-order valence-electron chi connectivity index (χ2n) is 8.37. The molecule has 0 spiro atoms. The molecule has 2 aliphatic carbocycles. The maximum atomic E-state index is 10.5. The van der Waals surface area contributed by atoms with Crippen LogP contribution in [0.4, 0.5) is 0 Å². The van der Waals surface area contributed by atoms with Gasteiger partial charge in [-0.05, 0) is 32.1 Å². The molecule has 0 radical (unpaired) electrons. The first-order chi connectivity index (χ1) is 11.5. The summed E-state index contributed by atoms with van der Waals surface area (Å²) in [6.45, 7) is 8.85. The van der Waals surface area contributed by atoms with E-state index in [1.807, 2.05) is 0 Å². The normalized spacial score (nSPS) is 33.0. The van der Waals surface area contributed by atoms with Crippen molar-refractivity contribution >= 4 is 29.9 Å². The van der Waals surface area contributed by atoms with Gasteiger partial charge in [0.2, 0.25) is 0 Å². The van der Waals surface area contributed by atoms with Gasteiger partial charge in [0.15, 0.2) is 5.96 Å². The molecule has 1 aliphatic heterocycles. The number of fused-ring (bicyclic) bond motifs is 1. The molecular weight excluding hydrogens is 429 g/mol. The van der Waals surface area contributed by atoms with Crippen LogP contribution in [0, 0.1) is 17.3 Å². The number of aliphatic hydroxyl groups excluding tert-OH is 1. The average Bonchev–Trinajstić information content (AvgIpc) is 3.05. The van der Waals surface area contributed by atoms with Crippen LogP contribution in [0.15, 0.2) is 4.99 Å². The minimum Gasteiger partial charge on any atom is -0.391 e. The Kier molecular flexibility index (Phi) is 7.83. The van der Waals surface area contributed by atoms with Crippen LogP contribution in [0.25, 0.3) is 0 Å². The largest absolute Gasteiger partial charge is 0.391 e. The second-order valence-corrected chi connectivity index (χ2v) is 8.37. The lowest BCUT2D eigenvalue weighted by molar-refractivity contribution is -0.106. The fourth-order valence-corrected chi connectivity index (χ4v) is 4.94. The molecule has 4 atom stereocenters. The Bertz CT molecular complexity index is 452. The van der Waals surface area contributed by atoms with Gasteiger partial charge in [0.25, 0.3) is 0 Å². The highest BCUT2D eigenvalue weighted by atomic mass is 127. The summed E-state index contributed by atoms with van der Waals surface area (Å²) in [6.07, 6.45) is 7.33. The Morgan fingerprint density at radius 1 is 1.24 bits per heavy atom. The summed E-state index contributed by atoms with van der Waals surface area (Å²) < 4.78 is 5.88. The molecule has 6 heteroatoms. The van der Waals surface area contributed by atoms with E-state index in [0.717, 1.165) is 38.4 Å². The van der Waals surface area contributed by atoms with Crippen LogP contribution in [-0.4, -0.2) is 49.0 Å². The van der Waals surface area contributed by atoms with E-state index in [4.69, 9.17) is 9.73 Å². The third-order valence-electron chi connectivity index (χ3n) is 6.37. The first kappa shape index (κ1) is 21.2. The van der Waals surface area contributed by atoms with Crippen molar-refractivity contribution < 1.29 is 9.84 Å². The summed E-state index contributed by atoms with van der Waals surface area (Å²) in [6, 6.07) is 0.398. The van der Waals surface area contributed by atoms with E-state index in [1.165, 1.54) is 19.3 Å². The van der Waals surface area contributed by atoms with Crippen molar-refractivity contribution in [1.29, 1.82) is 0 Å². The van der Waals surface area contributed by atoms with Crippen LogP contribution in [0.3, 0.4) is 0 Å². The van der Waals surface area contributed by atoms with Crippen molar-refractivity contribution in [1.82, 2.24) is 10.6 Å². The lowest BCUT2D eigenvalue weighted by Crippen LogP contribution is -2.68. The average molecular weight is 465 g/mol. The second kappa shape index (κ2) is 9.22. The van der Waals surface area contributed by atoms with Gasteiger partial charge in [-0.15, -0.1) is 24.0 Å². The van der Waals surface area contributed by atoms with E-state index in [1.54, 1.807) is 0 Å². The van der Waals surface area contributed by atoms with Crippen LogP contribution in [0.5, 0.6) is 0 Å². The number of nitrogens with zero attached hydrogens (tertiary/aromatic N) is 1. The molecule has 1 heterocycles. The lowest BCUT2D eigenvalue weighted by Gasteiger charge is -2.54. The number of rotatable bonds is 5. The Morgan fingerprint density at radius 2 is 1.96 bits per heavy atom. The first-order valence-corrected chi connectivity index (χ1v) is 9.88. The van der Waals surface area contributed by atoms with Crippen molar-refractivity contribution in [3.63, 3.8) is 0 Å². The smallest absolute Gasteiger partial charge is 0.191 e. The van der Waals surface area contributed by atoms with Crippen LogP contribution in [-0.2, 0) is 4.74 Å². The van der Waals surface area contributed by atoms with E-state index in [9.17, 15) is 5.11 Å². The zero-order chi connectivity index (χ0) is 17.2.